The van der Waals surface area contributed by atoms with Crippen LogP contribution in [-0.2, 0) is 0 Å². The molecule has 2 N–H and O–H groups in total. The minimum atomic E-state index is -0.206. The minimum absolute atomic E-state index is 0.135. The Morgan fingerprint density at radius 3 is 2.74 bits per heavy atom. The van der Waals surface area contributed by atoms with E-state index >= 15 is 0 Å². The summed E-state index contributed by atoms with van der Waals surface area (Å²) in [6.07, 6.45) is 3.46. The van der Waals surface area contributed by atoms with Crippen molar-refractivity contribution in [2.75, 3.05) is 19.7 Å². The fraction of sp³-hybridized carbons (Fsp3) is 0.400. The lowest BCUT2D eigenvalue weighted by molar-refractivity contribution is 0.0750. The number of hydrogen-bond acceptors (Lipinski definition) is 3. The Balaban J connectivity index is 2.09. The second-order valence-corrected chi connectivity index (χ2v) is 4.49. The average molecular weight is 258 g/mol. The Kier molecular flexibility index (Phi) is 4.96. The molecule has 1 aromatic rings. The fourth-order valence-electron chi connectivity index (χ4n) is 2.13. The lowest BCUT2D eigenvalue weighted by atomic mass is 10.1. The van der Waals surface area contributed by atoms with E-state index in [1.165, 1.54) is 6.42 Å². The number of aliphatic hydroxyl groups is 1. The number of carbonyl (C=O) groups excluding carboxylic acids is 1. The minimum Gasteiger partial charge on any atom is -0.384 e. The van der Waals surface area contributed by atoms with Gasteiger partial charge in [-0.2, -0.15) is 0 Å². The molecular formula is C15H18N2O2. The first-order valence-electron chi connectivity index (χ1n) is 6.56. The highest BCUT2D eigenvalue weighted by atomic mass is 16.2. The van der Waals surface area contributed by atoms with Crippen molar-refractivity contribution < 1.29 is 9.90 Å². The summed E-state index contributed by atoms with van der Waals surface area (Å²) < 4.78 is 0. The van der Waals surface area contributed by atoms with Gasteiger partial charge in [-0.25, -0.2) is 5.01 Å². The molecule has 19 heavy (non-hydrogen) atoms. The van der Waals surface area contributed by atoms with Crippen LogP contribution in [0.2, 0.25) is 0 Å². The van der Waals surface area contributed by atoms with E-state index in [2.05, 4.69) is 17.3 Å². The second-order valence-electron chi connectivity index (χ2n) is 4.49. The molecule has 1 fully saturated rings. The normalized spacial score (nSPS) is 15.4. The van der Waals surface area contributed by atoms with Gasteiger partial charge in [-0.05, 0) is 25.0 Å². The van der Waals surface area contributed by atoms with Gasteiger partial charge in [-0.3, -0.25) is 10.2 Å². The molecule has 1 aliphatic heterocycles. The first-order valence-corrected chi connectivity index (χ1v) is 6.56. The molecule has 0 radical (unpaired) electrons. The molecule has 4 nitrogen and oxygen atoms in total. The van der Waals surface area contributed by atoms with Gasteiger partial charge >= 0.3 is 0 Å². The number of hydrazine groups is 1. The van der Waals surface area contributed by atoms with Crippen LogP contribution in [0.5, 0.6) is 0 Å². The molecule has 0 spiro atoms. The highest BCUT2D eigenvalue weighted by Crippen LogP contribution is 2.10. The van der Waals surface area contributed by atoms with Gasteiger partial charge in [-0.15, -0.1) is 0 Å². The SMILES string of the molecule is O=C(NN1CCCCC1)c1ccccc1C#CCO. The lowest BCUT2D eigenvalue weighted by Crippen LogP contribution is -2.45. The Morgan fingerprint density at radius 1 is 1.26 bits per heavy atom. The van der Waals surface area contributed by atoms with Crippen molar-refractivity contribution in [3.8, 4) is 11.8 Å². The molecule has 1 aromatic carbocycles. The van der Waals surface area contributed by atoms with E-state index in [4.69, 9.17) is 5.11 Å². The number of rotatable bonds is 2. The maximum Gasteiger partial charge on any atom is 0.266 e. The first kappa shape index (κ1) is 13.6. The summed E-state index contributed by atoms with van der Waals surface area (Å²) >= 11 is 0. The predicted molar refractivity (Wildman–Crippen MR) is 73.3 cm³/mol. The van der Waals surface area contributed by atoms with Crippen molar-refractivity contribution in [1.82, 2.24) is 10.4 Å². The van der Waals surface area contributed by atoms with Crippen LogP contribution in [0, 0.1) is 11.8 Å². The first-order chi connectivity index (χ1) is 9.31. The molecule has 1 heterocycles. The van der Waals surface area contributed by atoms with Gasteiger partial charge in [0.25, 0.3) is 5.91 Å². The quantitative estimate of drug-likeness (QED) is 0.783. The van der Waals surface area contributed by atoms with E-state index in [0.717, 1.165) is 25.9 Å². The molecular weight excluding hydrogens is 240 g/mol. The van der Waals surface area contributed by atoms with Gasteiger partial charge in [-0.1, -0.05) is 30.4 Å². The molecule has 0 aliphatic carbocycles. The number of piperidine rings is 1. The molecule has 0 saturated carbocycles. The van der Waals surface area contributed by atoms with Crippen LogP contribution in [0.1, 0.15) is 35.2 Å². The number of amides is 1. The summed E-state index contributed by atoms with van der Waals surface area (Å²) in [6, 6.07) is 7.18. The van der Waals surface area contributed by atoms with Crippen LogP contribution in [0.15, 0.2) is 24.3 Å². The van der Waals surface area contributed by atoms with Crippen molar-refractivity contribution in [3.05, 3.63) is 35.4 Å². The third kappa shape index (κ3) is 3.82. The molecule has 1 amide bonds. The summed E-state index contributed by atoms with van der Waals surface area (Å²) in [6.45, 7) is 1.59. The van der Waals surface area contributed by atoms with Gasteiger partial charge in [0.2, 0.25) is 0 Å². The summed E-state index contributed by atoms with van der Waals surface area (Å²) in [4.78, 5) is 12.2. The van der Waals surface area contributed by atoms with E-state index in [-0.39, 0.29) is 12.5 Å². The molecule has 0 aromatic heterocycles. The predicted octanol–water partition coefficient (Wildman–Crippen LogP) is 1.16. The Hall–Kier alpha value is -1.83. The highest BCUT2D eigenvalue weighted by molar-refractivity contribution is 5.96. The molecule has 2 rings (SSSR count). The number of nitrogens with one attached hydrogen (secondary N) is 1. The topological polar surface area (TPSA) is 52.6 Å². The lowest BCUT2D eigenvalue weighted by Gasteiger charge is -2.26. The molecule has 0 bridgehead atoms. The maximum atomic E-state index is 12.2. The van der Waals surface area contributed by atoms with E-state index in [1.54, 1.807) is 12.1 Å². The van der Waals surface area contributed by atoms with Crippen LogP contribution in [0.4, 0.5) is 0 Å². The average Bonchev–Trinajstić information content (AvgIpc) is 2.46. The van der Waals surface area contributed by atoms with Crippen LogP contribution in [0.25, 0.3) is 0 Å². The molecule has 1 saturated heterocycles. The Morgan fingerprint density at radius 2 is 2.00 bits per heavy atom. The number of carbonyl (C=O) groups is 1. The van der Waals surface area contributed by atoms with Crippen LogP contribution >= 0.6 is 0 Å². The zero-order valence-corrected chi connectivity index (χ0v) is 10.9. The van der Waals surface area contributed by atoms with Gasteiger partial charge < -0.3 is 5.11 Å². The van der Waals surface area contributed by atoms with Gasteiger partial charge in [0.1, 0.15) is 6.61 Å². The van der Waals surface area contributed by atoms with Crippen molar-refractivity contribution in [2.24, 2.45) is 0 Å². The smallest absolute Gasteiger partial charge is 0.266 e. The number of aliphatic hydroxyl groups excluding tert-OH is 1. The third-order valence-corrected chi connectivity index (χ3v) is 3.09. The summed E-state index contributed by atoms with van der Waals surface area (Å²) in [5.41, 5.74) is 4.11. The number of hydrogen-bond donors (Lipinski definition) is 2. The standard InChI is InChI=1S/C15H18N2O2/c18-12-6-8-13-7-2-3-9-14(13)15(19)16-17-10-4-1-5-11-17/h2-3,7,9,18H,1,4-5,10-12H2,(H,16,19). The summed E-state index contributed by atoms with van der Waals surface area (Å²) in [7, 11) is 0. The van der Waals surface area contributed by atoms with E-state index in [1.807, 2.05) is 17.1 Å². The van der Waals surface area contributed by atoms with Crippen LogP contribution in [0.3, 0.4) is 0 Å². The van der Waals surface area contributed by atoms with Crippen molar-refractivity contribution in [2.45, 2.75) is 19.3 Å². The van der Waals surface area contributed by atoms with Crippen LogP contribution < -0.4 is 5.43 Å². The second kappa shape index (κ2) is 6.93. The summed E-state index contributed by atoms with van der Waals surface area (Å²) in [5.74, 6) is 5.24. The zero-order valence-electron chi connectivity index (χ0n) is 10.9. The third-order valence-electron chi connectivity index (χ3n) is 3.09. The molecule has 1 aliphatic rings. The molecule has 0 atom stereocenters. The van der Waals surface area contributed by atoms with E-state index in [0.29, 0.717) is 11.1 Å². The van der Waals surface area contributed by atoms with Crippen molar-refractivity contribution >= 4 is 5.91 Å². The van der Waals surface area contributed by atoms with Crippen molar-refractivity contribution in [3.63, 3.8) is 0 Å². The molecule has 100 valence electrons. The van der Waals surface area contributed by atoms with Crippen LogP contribution in [-0.4, -0.2) is 35.7 Å². The fourth-order valence-corrected chi connectivity index (χ4v) is 2.13. The Bertz CT molecular complexity index is 496. The monoisotopic (exact) mass is 258 g/mol. The van der Waals surface area contributed by atoms with Gasteiger partial charge in [0.15, 0.2) is 0 Å². The zero-order chi connectivity index (χ0) is 13.5. The number of benzene rings is 1. The maximum absolute atomic E-state index is 12.2. The van der Waals surface area contributed by atoms with Gasteiger partial charge in [0.05, 0.1) is 5.56 Å². The van der Waals surface area contributed by atoms with E-state index < -0.39 is 0 Å². The van der Waals surface area contributed by atoms with Gasteiger partial charge in [0, 0.05) is 18.7 Å². The molecule has 0 unspecified atom stereocenters. The molecule has 4 heteroatoms. The summed E-state index contributed by atoms with van der Waals surface area (Å²) in [5, 5.41) is 10.7. The number of nitrogens with zero attached hydrogens (tertiary/aromatic N) is 1. The highest BCUT2D eigenvalue weighted by Gasteiger charge is 2.15. The van der Waals surface area contributed by atoms with Crippen molar-refractivity contribution in [1.29, 1.82) is 0 Å². The largest absolute Gasteiger partial charge is 0.384 e. The Labute approximate surface area is 113 Å². The van der Waals surface area contributed by atoms with E-state index in [9.17, 15) is 4.79 Å².